The van der Waals surface area contributed by atoms with Gasteiger partial charge in [-0.25, -0.2) is 9.13 Å². The van der Waals surface area contributed by atoms with Crippen LogP contribution < -0.4 is 0 Å². The maximum atomic E-state index is 12.7. The minimum atomic E-state index is -4.87. The highest BCUT2D eigenvalue weighted by atomic mass is 31.2. The highest BCUT2D eigenvalue weighted by Gasteiger charge is 2.28. The van der Waals surface area contributed by atoms with Gasteiger partial charge < -0.3 is 29.3 Å². The van der Waals surface area contributed by atoms with Crippen molar-refractivity contribution in [1.29, 1.82) is 0 Å². The van der Waals surface area contributed by atoms with Crippen LogP contribution in [0.25, 0.3) is 0 Å². The van der Waals surface area contributed by atoms with Gasteiger partial charge in [-0.3, -0.25) is 28.0 Å². The van der Waals surface area contributed by atoms with Crippen LogP contribution in [0.5, 0.6) is 0 Å². The molecule has 0 bridgehead atoms. The van der Waals surface area contributed by atoms with Crippen molar-refractivity contribution in [3.05, 3.63) is 24.3 Å². The monoisotopic (exact) mass is 911 g/mol. The molecule has 0 radical (unpaired) electrons. The second kappa shape index (κ2) is 39.8. The zero-order valence-corrected chi connectivity index (χ0v) is 39.7. The third-order valence-electron chi connectivity index (χ3n) is 10.3. The van der Waals surface area contributed by atoms with Crippen LogP contribution >= 0.6 is 15.6 Å². The maximum absolute atomic E-state index is 12.7. The number of rotatable bonds is 44. The first-order chi connectivity index (χ1) is 29.2. The van der Waals surface area contributed by atoms with Crippen LogP contribution in [0, 0.1) is 5.92 Å². The standard InChI is InChI=1S/C45H84O14P2/c1-4-6-26-32-41(46)33-28-23-19-15-13-17-20-24-29-34-44(48)55-38-43(39-58-61(53,54)57-37-42(47)36-56-60(50,51)52)59-45(49)35-30-25-21-16-12-10-8-7-9-11-14-18-22-27-31-40(3)5-2/h19,23,28,33,40,42-43,47H,4-18,20-22,24-27,29-32,34-39H2,1-3H3,(H,53,54)(H2,50,51,52)/b23-19-,33-28+/t40?,42-,43+/m0/s1. The van der Waals surface area contributed by atoms with Crippen LogP contribution in [0.1, 0.15) is 201 Å². The molecule has 14 nitrogen and oxygen atoms in total. The second-order valence-corrected chi connectivity index (χ2v) is 19.0. The lowest BCUT2D eigenvalue weighted by atomic mass is 9.99. The summed E-state index contributed by atoms with van der Waals surface area (Å²) in [5.74, 6) is -0.0779. The zero-order chi connectivity index (χ0) is 45.5. The summed E-state index contributed by atoms with van der Waals surface area (Å²) in [4.78, 5) is 64.5. The lowest BCUT2D eigenvalue weighted by Crippen LogP contribution is -2.30. The van der Waals surface area contributed by atoms with Gasteiger partial charge in [-0.05, 0) is 44.1 Å². The summed E-state index contributed by atoms with van der Waals surface area (Å²) >= 11 is 0. The molecule has 0 fully saturated rings. The van der Waals surface area contributed by atoms with Gasteiger partial charge in [0.1, 0.15) is 12.7 Å². The van der Waals surface area contributed by atoms with Crippen molar-refractivity contribution in [2.45, 2.75) is 213 Å². The maximum Gasteiger partial charge on any atom is 0.472 e. The minimum absolute atomic E-state index is 0.117. The molecule has 0 amide bonds. The van der Waals surface area contributed by atoms with Gasteiger partial charge in [0, 0.05) is 19.3 Å². The molecular weight excluding hydrogens is 826 g/mol. The smallest absolute Gasteiger partial charge is 0.462 e. The topological polar surface area (TPSA) is 212 Å². The summed E-state index contributed by atoms with van der Waals surface area (Å²) in [6.45, 7) is 3.94. The molecule has 4 atom stereocenters. The summed E-state index contributed by atoms with van der Waals surface area (Å²) in [6, 6.07) is 0. The Morgan fingerprint density at radius 3 is 1.62 bits per heavy atom. The Hall–Kier alpha value is -1.73. The number of unbranched alkanes of at least 4 members (excludes halogenated alkanes) is 20. The SMILES string of the molecule is CCCCCC(=O)/C=C/C=C\CCCCCCCC(=O)OC[C@H](COP(=O)(O)OC[C@@H](O)COP(=O)(O)O)OC(=O)CCCCCCCCCCCCCCCCC(C)CC. The Morgan fingerprint density at radius 2 is 1.07 bits per heavy atom. The van der Waals surface area contributed by atoms with E-state index < -0.39 is 66.2 Å². The molecule has 0 spiro atoms. The molecule has 0 saturated carbocycles. The van der Waals surface area contributed by atoms with E-state index in [1.165, 1.54) is 77.0 Å². The van der Waals surface area contributed by atoms with E-state index in [9.17, 15) is 33.5 Å². The van der Waals surface area contributed by atoms with E-state index in [-0.39, 0.29) is 18.6 Å². The molecule has 0 aromatic rings. The number of allylic oxidation sites excluding steroid dienone is 4. The van der Waals surface area contributed by atoms with E-state index in [1.807, 2.05) is 12.2 Å². The van der Waals surface area contributed by atoms with Crippen LogP contribution in [0.15, 0.2) is 24.3 Å². The second-order valence-electron chi connectivity index (χ2n) is 16.3. The van der Waals surface area contributed by atoms with Crippen LogP contribution in [-0.4, -0.2) is 76.1 Å². The highest BCUT2D eigenvalue weighted by Crippen LogP contribution is 2.43. The molecule has 4 N–H and O–H groups in total. The number of phosphoric ester groups is 2. The van der Waals surface area contributed by atoms with E-state index in [0.29, 0.717) is 19.3 Å². The molecule has 0 rings (SSSR count). The summed E-state index contributed by atoms with van der Waals surface area (Å²) in [5.41, 5.74) is 0. The Balaban J connectivity index is 4.51. The first kappa shape index (κ1) is 59.3. The lowest BCUT2D eigenvalue weighted by molar-refractivity contribution is -0.161. The van der Waals surface area contributed by atoms with Gasteiger partial charge in [-0.15, -0.1) is 0 Å². The van der Waals surface area contributed by atoms with Crippen molar-refractivity contribution in [2.75, 3.05) is 26.4 Å². The number of phosphoric acid groups is 2. The van der Waals surface area contributed by atoms with E-state index >= 15 is 0 Å². The van der Waals surface area contributed by atoms with Crippen molar-refractivity contribution < 1.29 is 66.3 Å². The molecule has 2 unspecified atom stereocenters. The highest BCUT2D eigenvalue weighted by molar-refractivity contribution is 7.47. The average Bonchev–Trinajstić information content (AvgIpc) is 3.21. The number of esters is 2. The van der Waals surface area contributed by atoms with Crippen molar-refractivity contribution in [3.8, 4) is 0 Å². The van der Waals surface area contributed by atoms with E-state index in [0.717, 1.165) is 76.5 Å². The van der Waals surface area contributed by atoms with E-state index in [4.69, 9.17) is 23.8 Å². The number of hydrogen-bond donors (Lipinski definition) is 4. The summed E-state index contributed by atoms with van der Waals surface area (Å²) in [7, 11) is -9.70. The first-order valence-electron chi connectivity index (χ1n) is 23.4. The number of ketones is 1. The fourth-order valence-electron chi connectivity index (χ4n) is 6.36. The van der Waals surface area contributed by atoms with Gasteiger partial charge in [-0.1, -0.05) is 167 Å². The average molecular weight is 911 g/mol. The van der Waals surface area contributed by atoms with Gasteiger partial charge in [0.25, 0.3) is 0 Å². The molecule has 0 aliphatic rings. The van der Waals surface area contributed by atoms with Crippen molar-refractivity contribution in [2.24, 2.45) is 5.92 Å². The Bertz CT molecular complexity index is 1250. The quantitative estimate of drug-likeness (QED) is 0.0147. The number of aliphatic hydroxyl groups excluding tert-OH is 1. The Kier molecular flexibility index (Phi) is 38.7. The van der Waals surface area contributed by atoms with Crippen molar-refractivity contribution >= 4 is 33.4 Å². The predicted octanol–water partition coefficient (Wildman–Crippen LogP) is 11.3. The normalized spacial score (nSPS) is 14.6. The number of ether oxygens (including phenoxy) is 2. The third kappa shape index (κ3) is 43.3. The summed E-state index contributed by atoms with van der Waals surface area (Å²) in [6.07, 6.45) is 32.9. The lowest BCUT2D eigenvalue weighted by Gasteiger charge is -2.20. The predicted molar refractivity (Wildman–Crippen MR) is 240 cm³/mol. The van der Waals surface area contributed by atoms with Gasteiger partial charge in [0.05, 0.1) is 19.8 Å². The number of hydrogen-bond acceptors (Lipinski definition) is 11. The zero-order valence-electron chi connectivity index (χ0n) is 37.9. The molecule has 16 heteroatoms. The molecule has 0 aromatic carbocycles. The fraction of sp³-hybridized carbons (Fsp3) is 0.844. The molecule has 0 heterocycles. The fourth-order valence-corrected chi connectivity index (χ4v) is 7.52. The van der Waals surface area contributed by atoms with E-state index in [2.05, 4.69) is 29.8 Å². The third-order valence-corrected chi connectivity index (χ3v) is 11.8. The van der Waals surface area contributed by atoms with Gasteiger partial charge in [0.2, 0.25) is 0 Å². The number of aliphatic hydroxyl groups is 1. The molecule has 61 heavy (non-hydrogen) atoms. The molecule has 0 aromatic heterocycles. The van der Waals surface area contributed by atoms with Gasteiger partial charge in [-0.2, -0.15) is 0 Å². The van der Waals surface area contributed by atoms with Crippen LogP contribution in [0.2, 0.25) is 0 Å². The number of carbonyl (C=O) groups is 3. The van der Waals surface area contributed by atoms with E-state index in [1.54, 1.807) is 12.2 Å². The largest absolute Gasteiger partial charge is 0.472 e. The Labute approximate surface area is 368 Å². The molecule has 0 saturated heterocycles. The van der Waals surface area contributed by atoms with Crippen LogP contribution in [0.3, 0.4) is 0 Å². The Morgan fingerprint density at radius 1 is 0.574 bits per heavy atom. The number of carbonyl (C=O) groups excluding carboxylic acids is 3. The molecule has 358 valence electrons. The summed E-state index contributed by atoms with van der Waals surface area (Å²) in [5, 5.41) is 9.75. The molecule has 0 aliphatic carbocycles. The van der Waals surface area contributed by atoms with Crippen molar-refractivity contribution in [1.82, 2.24) is 0 Å². The van der Waals surface area contributed by atoms with Crippen molar-refractivity contribution in [3.63, 3.8) is 0 Å². The minimum Gasteiger partial charge on any atom is -0.462 e. The summed E-state index contributed by atoms with van der Waals surface area (Å²) < 4.78 is 47.8. The van der Waals surface area contributed by atoms with Gasteiger partial charge >= 0.3 is 27.6 Å². The first-order valence-corrected chi connectivity index (χ1v) is 26.4. The van der Waals surface area contributed by atoms with Crippen LogP contribution in [-0.2, 0) is 46.6 Å². The molecule has 0 aliphatic heterocycles. The van der Waals surface area contributed by atoms with Gasteiger partial charge in [0.15, 0.2) is 11.9 Å². The molecular formula is C45H84O14P2. The van der Waals surface area contributed by atoms with Crippen LogP contribution in [0.4, 0.5) is 0 Å².